The van der Waals surface area contributed by atoms with E-state index in [1.165, 1.54) is 50.3 Å². The lowest BCUT2D eigenvalue weighted by atomic mass is 9.48. The SMILES string of the molecule is C[C@@H](NC(=O)CSc1nnc(C2CC2)o1)C12CC3CC(CC(C3)C1)C2. The first kappa shape index (κ1) is 16.2. The Morgan fingerprint density at radius 3 is 2.44 bits per heavy atom. The van der Waals surface area contributed by atoms with Crippen molar-refractivity contribution in [3.8, 4) is 0 Å². The molecule has 1 N–H and O–H groups in total. The predicted octanol–water partition coefficient (Wildman–Crippen LogP) is 3.76. The lowest BCUT2D eigenvalue weighted by Gasteiger charge is -2.59. The molecule has 25 heavy (non-hydrogen) atoms. The third-order valence-electron chi connectivity index (χ3n) is 7.06. The van der Waals surface area contributed by atoms with E-state index in [-0.39, 0.29) is 11.9 Å². The maximum atomic E-state index is 12.5. The fourth-order valence-electron chi connectivity index (χ4n) is 6.05. The number of amides is 1. The van der Waals surface area contributed by atoms with Gasteiger partial charge in [0.15, 0.2) is 0 Å². The molecule has 5 aliphatic carbocycles. The summed E-state index contributed by atoms with van der Waals surface area (Å²) in [4.78, 5) is 12.5. The monoisotopic (exact) mass is 361 g/mol. The van der Waals surface area contributed by atoms with E-state index < -0.39 is 0 Å². The summed E-state index contributed by atoms with van der Waals surface area (Å²) in [5.41, 5.74) is 0.360. The van der Waals surface area contributed by atoms with Gasteiger partial charge < -0.3 is 9.73 Å². The van der Waals surface area contributed by atoms with Crippen molar-refractivity contribution in [2.45, 2.75) is 75.5 Å². The van der Waals surface area contributed by atoms with Crippen LogP contribution < -0.4 is 5.32 Å². The summed E-state index contributed by atoms with van der Waals surface area (Å²) in [6.07, 6.45) is 10.6. The van der Waals surface area contributed by atoms with Gasteiger partial charge in [0.2, 0.25) is 11.8 Å². The lowest BCUT2D eigenvalue weighted by Crippen LogP contribution is -2.56. The highest BCUT2D eigenvalue weighted by molar-refractivity contribution is 7.99. The first-order valence-corrected chi connectivity index (χ1v) is 10.8. The van der Waals surface area contributed by atoms with E-state index in [9.17, 15) is 4.79 Å². The van der Waals surface area contributed by atoms with Crippen LogP contribution in [0.1, 0.15) is 70.1 Å². The van der Waals surface area contributed by atoms with Crippen LogP contribution in [0.15, 0.2) is 9.64 Å². The van der Waals surface area contributed by atoms with Crippen LogP contribution in [0.4, 0.5) is 0 Å². The molecule has 6 heteroatoms. The molecule has 5 aliphatic rings. The van der Waals surface area contributed by atoms with Crippen molar-refractivity contribution in [2.75, 3.05) is 5.75 Å². The molecule has 6 rings (SSSR count). The average molecular weight is 362 g/mol. The van der Waals surface area contributed by atoms with Crippen molar-refractivity contribution >= 4 is 17.7 Å². The van der Waals surface area contributed by atoms with E-state index in [0.717, 1.165) is 36.5 Å². The van der Waals surface area contributed by atoms with Crippen LogP contribution in [0.3, 0.4) is 0 Å². The summed E-state index contributed by atoms with van der Waals surface area (Å²) in [6.45, 7) is 2.23. The van der Waals surface area contributed by atoms with Crippen molar-refractivity contribution in [1.82, 2.24) is 15.5 Å². The van der Waals surface area contributed by atoms with Crippen LogP contribution in [-0.2, 0) is 4.79 Å². The molecule has 4 bridgehead atoms. The fourth-order valence-corrected chi connectivity index (χ4v) is 6.63. The highest BCUT2D eigenvalue weighted by atomic mass is 32.2. The third-order valence-corrected chi connectivity index (χ3v) is 7.88. The second kappa shape index (κ2) is 6.00. The second-order valence-electron chi connectivity index (χ2n) is 9.04. The van der Waals surface area contributed by atoms with Crippen LogP contribution in [-0.4, -0.2) is 27.9 Å². The molecule has 5 nitrogen and oxygen atoms in total. The molecule has 1 amide bonds. The Bertz CT molecular complexity index is 634. The van der Waals surface area contributed by atoms with Crippen LogP contribution in [0.25, 0.3) is 0 Å². The highest BCUT2D eigenvalue weighted by Gasteiger charge is 2.53. The van der Waals surface area contributed by atoms with E-state index in [1.807, 2.05) is 0 Å². The Labute approximate surface area is 153 Å². The molecule has 0 aliphatic heterocycles. The molecule has 136 valence electrons. The minimum atomic E-state index is 0.0967. The lowest BCUT2D eigenvalue weighted by molar-refractivity contribution is -0.123. The van der Waals surface area contributed by atoms with E-state index >= 15 is 0 Å². The molecule has 0 radical (unpaired) electrons. The quantitative estimate of drug-likeness (QED) is 0.781. The van der Waals surface area contributed by atoms with Crippen molar-refractivity contribution in [2.24, 2.45) is 23.2 Å². The summed E-state index contributed by atoms with van der Waals surface area (Å²) < 4.78 is 5.62. The van der Waals surface area contributed by atoms with E-state index in [4.69, 9.17) is 4.42 Å². The Morgan fingerprint density at radius 2 is 1.84 bits per heavy atom. The van der Waals surface area contributed by atoms with Gasteiger partial charge in [0.25, 0.3) is 5.22 Å². The number of aromatic nitrogens is 2. The minimum Gasteiger partial charge on any atom is -0.416 e. The first-order valence-electron chi connectivity index (χ1n) is 9.85. The van der Waals surface area contributed by atoms with Gasteiger partial charge in [-0.15, -0.1) is 10.2 Å². The number of hydrogen-bond donors (Lipinski definition) is 1. The van der Waals surface area contributed by atoms with Gasteiger partial charge in [0, 0.05) is 12.0 Å². The number of rotatable bonds is 6. The van der Waals surface area contributed by atoms with E-state index in [1.54, 1.807) is 0 Å². The van der Waals surface area contributed by atoms with Crippen molar-refractivity contribution in [3.05, 3.63) is 5.89 Å². The minimum absolute atomic E-state index is 0.0967. The van der Waals surface area contributed by atoms with Gasteiger partial charge in [0.05, 0.1) is 5.75 Å². The number of nitrogens with one attached hydrogen (secondary N) is 1. The van der Waals surface area contributed by atoms with E-state index in [2.05, 4.69) is 22.4 Å². The maximum absolute atomic E-state index is 12.5. The summed E-state index contributed by atoms with van der Waals surface area (Å²) in [7, 11) is 0. The molecular formula is C19H27N3O2S. The average Bonchev–Trinajstić information content (AvgIpc) is 3.30. The van der Waals surface area contributed by atoms with Crippen LogP contribution in [0.2, 0.25) is 0 Å². The molecule has 1 heterocycles. The zero-order valence-corrected chi connectivity index (χ0v) is 15.7. The molecule has 1 atom stereocenters. The predicted molar refractivity (Wildman–Crippen MR) is 95.2 cm³/mol. The number of nitrogens with zero attached hydrogens (tertiary/aromatic N) is 2. The fraction of sp³-hybridized carbons (Fsp3) is 0.842. The molecule has 1 aromatic heterocycles. The second-order valence-corrected chi connectivity index (χ2v) is 9.96. The summed E-state index contributed by atoms with van der Waals surface area (Å²) in [6, 6.07) is 0.277. The normalized spacial score (nSPS) is 37.2. The Morgan fingerprint density at radius 1 is 1.20 bits per heavy atom. The summed E-state index contributed by atoms with van der Waals surface area (Å²) in [5.74, 6) is 4.41. The Kier molecular flexibility index (Phi) is 3.88. The number of thioether (sulfide) groups is 1. The van der Waals surface area contributed by atoms with Gasteiger partial charge in [-0.3, -0.25) is 4.79 Å². The van der Waals surface area contributed by atoms with Gasteiger partial charge >= 0.3 is 0 Å². The van der Waals surface area contributed by atoms with Gasteiger partial charge in [0.1, 0.15) is 0 Å². The Balaban J connectivity index is 1.16. The molecule has 0 unspecified atom stereocenters. The molecular weight excluding hydrogens is 334 g/mol. The molecule has 0 saturated heterocycles. The first-order chi connectivity index (χ1) is 12.1. The number of carbonyl (C=O) groups is 1. The summed E-state index contributed by atoms with van der Waals surface area (Å²) in [5, 5.41) is 12.0. The van der Waals surface area contributed by atoms with E-state index in [0.29, 0.717) is 22.3 Å². The smallest absolute Gasteiger partial charge is 0.277 e. The van der Waals surface area contributed by atoms with Crippen LogP contribution in [0.5, 0.6) is 0 Å². The standard InChI is InChI=1S/C19H27N3O2S/c1-11(19-7-12-4-13(8-19)6-14(5-12)9-19)20-16(23)10-25-18-22-21-17(24-18)15-2-3-15/h11-15H,2-10H2,1H3,(H,20,23)/t11-,12?,13?,14?,19?/m1/s1. The molecule has 5 fully saturated rings. The van der Waals surface area contributed by atoms with Gasteiger partial charge in [-0.1, -0.05) is 11.8 Å². The third kappa shape index (κ3) is 3.11. The van der Waals surface area contributed by atoms with Crippen LogP contribution in [0, 0.1) is 23.2 Å². The molecule has 0 spiro atoms. The topological polar surface area (TPSA) is 68.0 Å². The molecule has 5 saturated carbocycles. The van der Waals surface area contributed by atoms with Gasteiger partial charge in [-0.2, -0.15) is 0 Å². The van der Waals surface area contributed by atoms with Gasteiger partial charge in [-0.05, 0) is 81.5 Å². The van der Waals surface area contributed by atoms with Crippen LogP contribution >= 0.6 is 11.8 Å². The highest BCUT2D eigenvalue weighted by Crippen LogP contribution is 2.61. The number of hydrogen-bond acceptors (Lipinski definition) is 5. The maximum Gasteiger partial charge on any atom is 0.277 e. The molecule has 1 aromatic rings. The number of carbonyl (C=O) groups excluding carboxylic acids is 1. The zero-order valence-electron chi connectivity index (χ0n) is 14.9. The van der Waals surface area contributed by atoms with Gasteiger partial charge in [-0.25, -0.2) is 0 Å². The molecule has 0 aromatic carbocycles. The van der Waals surface area contributed by atoms with Crippen molar-refractivity contribution < 1.29 is 9.21 Å². The summed E-state index contributed by atoms with van der Waals surface area (Å²) >= 11 is 1.36. The Hall–Kier alpha value is -1.04. The van der Waals surface area contributed by atoms with Crippen molar-refractivity contribution in [1.29, 1.82) is 0 Å². The largest absolute Gasteiger partial charge is 0.416 e. The zero-order chi connectivity index (χ0) is 17.0. The van der Waals surface area contributed by atoms with Crippen molar-refractivity contribution in [3.63, 3.8) is 0 Å².